The van der Waals surface area contributed by atoms with Crippen molar-refractivity contribution < 1.29 is 14.3 Å². The van der Waals surface area contributed by atoms with E-state index in [1.165, 1.54) is 5.56 Å². The first kappa shape index (κ1) is 17.8. The molecule has 0 fully saturated rings. The molecule has 3 aromatic rings. The second kappa shape index (κ2) is 7.55. The van der Waals surface area contributed by atoms with Gasteiger partial charge in [-0.15, -0.1) is 0 Å². The summed E-state index contributed by atoms with van der Waals surface area (Å²) < 4.78 is 10.9. The van der Waals surface area contributed by atoms with Crippen LogP contribution in [0.25, 0.3) is 10.9 Å². The highest BCUT2D eigenvalue weighted by atomic mass is 35.5. The Morgan fingerprint density at radius 3 is 2.78 bits per heavy atom. The van der Waals surface area contributed by atoms with Gasteiger partial charge in [-0.1, -0.05) is 12.1 Å². The van der Waals surface area contributed by atoms with E-state index in [0.717, 1.165) is 40.0 Å². The van der Waals surface area contributed by atoms with E-state index in [-0.39, 0.29) is 0 Å². The molecule has 1 N–H and O–H groups in total. The number of hydrogen-bond acceptors (Lipinski definition) is 5. The Kier molecular flexibility index (Phi) is 4.97. The number of nitrogens with one attached hydrogen (secondary N) is 1. The quantitative estimate of drug-likeness (QED) is 0.666. The second-order valence-electron chi connectivity index (χ2n) is 6.43. The highest BCUT2D eigenvalue weighted by molar-refractivity contribution is 6.67. The predicted molar refractivity (Wildman–Crippen MR) is 106 cm³/mol. The number of methoxy groups -OCH3 is 1. The van der Waals surface area contributed by atoms with E-state index in [1.807, 2.05) is 36.4 Å². The second-order valence-corrected chi connectivity index (χ2v) is 6.77. The molecule has 6 heteroatoms. The van der Waals surface area contributed by atoms with Gasteiger partial charge >= 0.3 is 0 Å². The maximum atomic E-state index is 11.5. The third-order valence-electron chi connectivity index (χ3n) is 4.79. The first-order valence-corrected chi connectivity index (χ1v) is 9.13. The number of benzene rings is 2. The fourth-order valence-electron chi connectivity index (χ4n) is 3.36. The van der Waals surface area contributed by atoms with Gasteiger partial charge in [-0.25, -0.2) is 4.98 Å². The first-order valence-electron chi connectivity index (χ1n) is 8.75. The van der Waals surface area contributed by atoms with Gasteiger partial charge in [0, 0.05) is 23.1 Å². The fraction of sp³-hybridized carbons (Fsp3) is 0.238. The highest BCUT2D eigenvalue weighted by Gasteiger charge is 2.19. The smallest absolute Gasteiger partial charge is 0.252 e. The molecule has 0 spiro atoms. The molecule has 0 amide bonds. The normalized spacial score (nSPS) is 13.3. The van der Waals surface area contributed by atoms with Crippen molar-refractivity contribution in [2.75, 3.05) is 19.0 Å². The van der Waals surface area contributed by atoms with E-state index in [4.69, 9.17) is 26.1 Å². The lowest BCUT2D eigenvalue weighted by Gasteiger charge is -2.22. The number of fused-ring (bicyclic) bond motifs is 3. The summed E-state index contributed by atoms with van der Waals surface area (Å²) in [6, 6.07) is 13.3. The summed E-state index contributed by atoms with van der Waals surface area (Å²) in [6.07, 6.45) is 0.783. The Labute approximate surface area is 162 Å². The first-order chi connectivity index (χ1) is 13.2. The zero-order valence-corrected chi connectivity index (χ0v) is 15.7. The summed E-state index contributed by atoms with van der Waals surface area (Å²) in [7, 11) is 1.65. The highest BCUT2D eigenvalue weighted by Crippen LogP contribution is 2.31. The molecule has 0 atom stereocenters. The van der Waals surface area contributed by atoms with Crippen LogP contribution in [0.5, 0.6) is 5.75 Å². The van der Waals surface area contributed by atoms with E-state index in [1.54, 1.807) is 13.2 Å². The fourth-order valence-corrected chi connectivity index (χ4v) is 3.47. The third-order valence-corrected chi connectivity index (χ3v) is 5.01. The molecule has 4 rings (SSSR count). The summed E-state index contributed by atoms with van der Waals surface area (Å²) in [5, 5.41) is 3.94. The molecule has 2 heterocycles. The Bertz CT molecular complexity index is 1000. The van der Waals surface area contributed by atoms with Crippen molar-refractivity contribution in [3.8, 4) is 5.75 Å². The molecule has 0 saturated heterocycles. The lowest BCUT2D eigenvalue weighted by molar-refractivity contribution is 0.108. The lowest BCUT2D eigenvalue weighted by atomic mass is 9.97. The zero-order chi connectivity index (χ0) is 18.8. The summed E-state index contributed by atoms with van der Waals surface area (Å²) in [5.41, 5.74) is 4.67. The van der Waals surface area contributed by atoms with Crippen LogP contribution in [0.4, 0.5) is 5.82 Å². The summed E-state index contributed by atoms with van der Waals surface area (Å²) in [5.74, 6) is 1.65. The van der Waals surface area contributed by atoms with Gasteiger partial charge < -0.3 is 14.8 Å². The molecule has 0 radical (unpaired) electrons. The van der Waals surface area contributed by atoms with Crippen molar-refractivity contribution in [1.29, 1.82) is 0 Å². The number of aromatic nitrogens is 1. The maximum Gasteiger partial charge on any atom is 0.252 e. The SMILES string of the molecule is COc1ccc(CNc2nc3ccc(C(=O)Cl)cc3c3c2COCC3)cc1. The van der Waals surface area contributed by atoms with Crippen LogP contribution in [0.15, 0.2) is 42.5 Å². The average molecular weight is 383 g/mol. The number of anilines is 1. The van der Waals surface area contributed by atoms with Gasteiger partial charge in [0.25, 0.3) is 5.24 Å². The molecule has 0 unspecified atom stereocenters. The van der Waals surface area contributed by atoms with Gasteiger partial charge in [-0.3, -0.25) is 4.79 Å². The zero-order valence-electron chi connectivity index (χ0n) is 14.9. The van der Waals surface area contributed by atoms with E-state index >= 15 is 0 Å². The molecule has 0 aliphatic carbocycles. The monoisotopic (exact) mass is 382 g/mol. The van der Waals surface area contributed by atoms with E-state index < -0.39 is 5.24 Å². The Morgan fingerprint density at radius 2 is 2.04 bits per heavy atom. The summed E-state index contributed by atoms with van der Waals surface area (Å²) in [6.45, 7) is 1.80. The number of hydrogen-bond donors (Lipinski definition) is 1. The third kappa shape index (κ3) is 3.61. The van der Waals surface area contributed by atoms with Crippen LogP contribution in [-0.4, -0.2) is 23.9 Å². The minimum atomic E-state index is -0.459. The molecule has 0 saturated carbocycles. The van der Waals surface area contributed by atoms with Crippen molar-refractivity contribution in [3.63, 3.8) is 0 Å². The molecular formula is C21H19ClN2O3. The van der Waals surface area contributed by atoms with Crippen LogP contribution in [0, 0.1) is 0 Å². The number of halogens is 1. The Morgan fingerprint density at radius 1 is 1.22 bits per heavy atom. The van der Waals surface area contributed by atoms with Crippen molar-refractivity contribution in [2.45, 2.75) is 19.6 Å². The predicted octanol–water partition coefficient (Wildman–Crippen LogP) is 4.31. The summed E-state index contributed by atoms with van der Waals surface area (Å²) >= 11 is 5.65. The maximum absolute atomic E-state index is 11.5. The van der Waals surface area contributed by atoms with Crippen LogP contribution in [0.3, 0.4) is 0 Å². The van der Waals surface area contributed by atoms with E-state index in [0.29, 0.717) is 25.3 Å². The minimum Gasteiger partial charge on any atom is -0.497 e. The van der Waals surface area contributed by atoms with Gasteiger partial charge in [0.2, 0.25) is 0 Å². The number of nitrogens with zero attached hydrogens (tertiary/aromatic N) is 1. The van der Waals surface area contributed by atoms with Gasteiger partial charge in [-0.2, -0.15) is 0 Å². The van der Waals surface area contributed by atoms with Gasteiger partial charge in [-0.05, 0) is 59.5 Å². The number of carbonyl (C=O) groups is 1. The number of carbonyl (C=O) groups excluding carboxylic acids is 1. The van der Waals surface area contributed by atoms with E-state index in [9.17, 15) is 4.79 Å². The lowest BCUT2D eigenvalue weighted by Crippen LogP contribution is -2.15. The molecule has 1 aromatic heterocycles. The minimum absolute atomic E-state index is 0.459. The standard InChI is InChI=1S/C21H19ClN2O3/c1-26-15-5-2-13(3-6-15)11-23-21-18-12-27-9-8-16(18)17-10-14(20(22)25)4-7-19(17)24-21/h2-7,10H,8-9,11-12H2,1H3,(H,23,24). The van der Waals surface area contributed by atoms with E-state index in [2.05, 4.69) is 5.32 Å². The molecule has 5 nitrogen and oxygen atoms in total. The van der Waals surface area contributed by atoms with Crippen LogP contribution in [0.2, 0.25) is 0 Å². The van der Waals surface area contributed by atoms with Gasteiger partial charge in [0.05, 0.1) is 25.8 Å². The Balaban J connectivity index is 1.69. The molecule has 2 aromatic carbocycles. The average Bonchev–Trinajstić information content (AvgIpc) is 2.72. The number of ether oxygens (including phenoxy) is 2. The number of rotatable bonds is 5. The van der Waals surface area contributed by atoms with Gasteiger partial charge in [0.15, 0.2) is 0 Å². The molecule has 1 aliphatic heterocycles. The van der Waals surface area contributed by atoms with Crippen molar-refractivity contribution in [1.82, 2.24) is 4.98 Å². The van der Waals surface area contributed by atoms with Crippen LogP contribution < -0.4 is 10.1 Å². The van der Waals surface area contributed by atoms with Crippen molar-refractivity contribution in [3.05, 3.63) is 64.7 Å². The Hall–Kier alpha value is -2.63. The largest absolute Gasteiger partial charge is 0.497 e. The van der Waals surface area contributed by atoms with Crippen LogP contribution >= 0.6 is 11.6 Å². The van der Waals surface area contributed by atoms with Gasteiger partial charge in [0.1, 0.15) is 11.6 Å². The van der Waals surface area contributed by atoms with Crippen molar-refractivity contribution in [2.24, 2.45) is 0 Å². The molecule has 1 aliphatic rings. The summed E-state index contributed by atoms with van der Waals surface area (Å²) in [4.78, 5) is 16.3. The number of pyridine rings is 1. The molecule has 138 valence electrons. The topological polar surface area (TPSA) is 60.5 Å². The molecular weight excluding hydrogens is 364 g/mol. The van der Waals surface area contributed by atoms with Crippen LogP contribution in [0.1, 0.15) is 27.0 Å². The molecule has 0 bridgehead atoms. The van der Waals surface area contributed by atoms with Crippen LogP contribution in [-0.2, 0) is 24.3 Å². The molecule has 27 heavy (non-hydrogen) atoms. The van der Waals surface area contributed by atoms with Crippen molar-refractivity contribution >= 4 is 33.6 Å².